The molecule has 1 aliphatic heterocycles. The molecule has 0 aliphatic carbocycles. The summed E-state index contributed by atoms with van der Waals surface area (Å²) < 4.78 is 6.17. The average Bonchev–Trinajstić information content (AvgIpc) is 2.70. The number of carbonyl (C=O) groups is 2. The van der Waals surface area contributed by atoms with Gasteiger partial charge in [0.25, 0.3) is 5.91 Å². The number of ether oxygens (including phenoxy) is 1. The Bertz CT molecular complexity index is 837. The van der Waals surface area contributed by atoms with Crippen molar-refractivity contribution in [1.29, 1.82) is 0 Å². The van der Waals surface area contributed by atoms with Gasteiger partial charge < -0.3 is 15.0 Å². The first-order chi connectivity index (χ1) is 13.5. The van der Waals surface area contributed by atoms with Gasteiger partial charge in [-0.2, -0.15) is 0 Å². The maximum absolute atomic E-state index is 12.7. The van der Waals surface area contributed by atoms with E-state index in [-0.39, 0.29) is 18.4 Å². The first-order valence-corrected chi connectivity index (χ1v) is 10.0. The average molecular weight is 446 g/mol. The predicted molar refractivity (Wildman–Crippen MR) is 112 cm³/mol. The first-order valence-electron chi connectivity index (χ1n) is 9.22. The van der Waals surface area contributed by atoms with Gasteiger partial charge >= 0.3 is 0 Å². The molecule has 0 saturated carbocycles. The number of anilines is 1. The van der Waals surface area contributed by atoms with Crippen molar-refractivity contribution in [1.82, 2.24) is 9.80 Å². The SMILES string of the molecule is CN(CC(=O)Nc1ccccc1Br)C(=O)c1cccc(CN2CCOCC2)c1. The molecule has 6 nitrogen and oxygen atoms in total. The lowest BCUT2D eigenvalue weighted by atomic mass is 10.1. The number of para-hydroxylation sites is 1. The number of halogens is 1. The fourth-order valence-electron chi connectivity index (χ4n) is 3.08. The van der Waals surface area contributed by atoms with Gasteiger partial charge in [-0.05, 0) is 45.8 Å². The molecule has 3 rings (SSSR count). The Labute approximate surface area is 173 Å². The zero-order valence-electron chi connectivity index (χ0n) is 15.9. The van der Waals surface area contributed by atoms with Crippen molar-refractivity contribution in [2.24, 2.45) is 0 Å². The molecule has 0 radical (unpaired) electrons. The highest BCUT2D eigenvalue weighted by Crippen LogP contribution is 2.21. The molecule has 1 aliphatic rings. The van der Waals surface area contributed by atoms with Crippen LogP contribution in [0.1, 0.15) is 15.9 Å². The predicted octanol–water partition coefficient (Wildman–Crippen LogP) is 2.99. The standard InChI is InChI=1S/C21H24BrN3O3/c1-24(15-20(26)23-19-8-3-2-7-18(19)22)21(27)17-6-4-5-16(13-17)14-25-9-11-28-12-10-25/h2-8,13H,9-12,14-15H2,1H3,(H,23,26). The Balaban J connectivity index is 1.58. The number of nitrogens with zero attached hydrogens (tertiary/aromatic N) is 2. The maximum atomic E-state index is 12.7. The van der Waals surface area contributed by atoms with E-state index >= 15 is 0 Å². The van der Waals surface area contributed by atoms with Crippen molar-refractivity contribution in [3.8, 4) is 0 Å². The summed E-state index contributed by atoms with van der Waals surface area (Å²) in [5.41, 5.74) is 2.35. The van der Waals surface area contributed by atoms with Crippen LogP contribution in [0.15, 0.2) is 53.0 Å². The molecular weight excluding hydrogens is 422 g/mol. The molecule has 2 aromatic rings. The second-order valence-electron chi connectivity index (χ2n) is 6.78. The minimum atomic E-state index is -0.243. The Kier molecular flexibility index (Phi) is 7.19. The third-order valence-corrected chi connectivity index (χ3v) is 5.25. The first kappa shape index (κ1) is 20.5. The summed E-state index contributed by atoms with van der Waals surface area (Å²) in [6.45, 7) is 4.05. The quantitative estimate of drug-likeness (QED) is 0.742. The van der Waals surface area contributed by atoms with E-state index in [0.29, 0.717) is 11.3 Å². The molecule has 28 heavy (non-hydrogen) atoms. The highest BCUT2D eigenvalue weighted by Gasteiger charge is 2.17. The maximum Gasteiger partial charge on any atom is 0.254 e. The third kappa shape index (κ3) is 5.64. The summed E-state index contributed by atoms with van der Waals surface area (Å²) >= 11 is 3.40. The zero-order chi connectivity index (χ0) is 19.9. The van der Waals surface area contributed by atoms with E-state index in [1.807, 2.05) is 36.4 Å². The van der Waals surface area contributed by atoms with Gasteiger partial charge in [0.05, 0.1) is 25.4 Å². The van der Waals surface area contributed by atoms with Crippen LogP contribution < -0.4 is 5.32 Å². The number of nitrogens with one attached hydrogen (secondary N) is 1. The summed E-state index contributed by atoms with van der Waals surface area (Å²) in [5.74, 6) is -0.418. The summed E-state index contributed by atoms with van der Waals surface area (Å²) in [6, 6.07) is 15.0. The smallest absolute Gasteiger partial charge is 0.254 e. The van der Waals surface area contributed by atoms with Gasteiger partial charge in [-0.3, -0.25) is 14.5 Å². The molecule has 7 heteroatoms. The van der Waals surface area contributed by atoms with Crippen LogP contribution in [0.4, 0.5) is 5.69 Å². The van der Waals surface area contributed by atoms with Crippen molar-refractivity contribution in [3.05, 3.63) is 64.1 Å². The van der Waals surface area contributed by atoms with Crippen LogP contribution in [0.25, 0.3) is 0 Å². The van der Waals surface area contributed by atoms with E-state index in [9.17, 15) is 9.59 Å². The monoisotopic (exact) mass is 445 g/mol. The van der Waals surface area contributed by atoms with Gasteiger partial charge in [-0.1, -0.05) is 24.3 Å². The van der Waals surface area contributed by atoms with Crippen molar-refractivity contribution >= 4 is 33.4 Å². The molecule has 148 valence electrons. The summed E-state index contributed by atoms with van der Waals surface area (Å²) in [4.78, 5) is 28.8. The number of rotatable bonds is 6. The highest BCUT2D eigenvalue weighted by atomic mass is 79.9. The largest absolute Gasteiger partial charge is 0.379 e. The van der Waals surface area contributed by atoms with Crippen LogP contribution in [0.2, 0.25) is 0 Å². The molecule has 1 N–H and O–H groups in total. The van der Waals surface area contributed by atoms with Gasteiger partial charge in [0.1, 0.15) is 0 Å². The fraction of sp³-hybridized carbons (Fsp3) is 0.333. The molecule has 0 aromatic heterocycles. The molecule has 0 bridgehead atoms. The number of benzene rings is 2. The Morgan fingerprint density at radius 1 is 1.14 bits per heavy atom. The van der Waals surface area contributed by atoms with Gasteiger partial charge in [-0.15, -0.1) is 0 Å². The topological polar surface area (TPSA) is 61.9 Å². The second-order valence-corrected chi connectivity index (χ2v) is 7.63. The highest BCUT2D eigenvalue weighted by molar-refractivity contribution is 9.10. The van der Waals surface area contributed by atoms with Crippen LogP contribution >= 0.6 is 15.9 Å². The van der Waals surface area contributed by atoms with E-state index in [4.69, 9.17) is 4.74 Å². The molecule has 2 amide bonds. The van der Waals surface area contributed by atoms with E-state index in [0.717, 1.165) is 42.9 Å². The Morgan fingerprint density at radius 2 is 1.89 bits per heavy atom. The van der Waals surface area contributed by atoms with Gasteiger partial charge in [0, 0.05) is 36.7 Å². The molecule has 1 saturated heterocycles. The van der Waals surface area contributed by atoms with Crippen LogP contribution in [0.5, 0.6) is 0 Å². The molecule has 1 heterocycles. The lowest BCUT2D eigenvalue weighted by Crippen LogP contribution is -2.36. The van der Waals surface area contributed by atoms with E-state index in [1.54, 1.807) is 19.2 Å². The summed E-state index contributed by atoms with van der Waals surface area (Å²) in [6.07, 6.45) is 0. The van der Waals surface area contributed by atoms with E-state index in [2.05, 4.69) is 26.1 Å². The molecule has 0 atom stereocenters. The number of carbonyl (C=O) groups excluding carboxylic acids is 2. The van der Waals surface area contributed by atoms with Crippen LogP contribution in [0.3, 0.4) is 0 Å². The van der Waals surface area contributed by atoms with Crippen molar-refractivity contribution in [3.63, 3.8) is 0 Å². The molecule has 2 aromatic carbocycles. The number of morpholine rings is 1. The van der Waals surface area contributed by atoms with Gasteiger partial charge in [0.2, 0.25) is 5.91 Å². The number of hydrogen-bond donors (Lipinski definition) is 1. The zero-order valence-corrected chi connectivity index (χ0v) is 17.4. The molecule has 1 fully saturated rings. The minimum absolute atomic E-state index is 0.0200. The summed E-state index contributed by atoms with van der Waals surface area (Å²) in [5, 5.41) is 2.81. The van der Waals surface area contributed by atoms with Crippen molar-refractivity contribution in [2.75, 3.05) is 45.2 Å². The lowest BCUT2D eigenvalue weighted by Gasteiger charge is -2.26. The number of hydrogen-bond acceptors (Lipinski definition) is 4. The Morgan fingerprint density at radius 3 is 2.64 bits per heavy atom. The van der Waals surface area contributed by atoms with Crippen LogP contribution in [-0.2, 0) is 16.1 Å². The fourth-order valence-corrected chi connectivity index (χ4v) is 3.46. The van der Waals surface area contributed by atoms with Crippen molar-refractivity contribution < 1.29 is 14.3 Å². The Hall–Kier alpha value is -2.22. The van der Waals surface area contributed by atoms with Gasteiger partial charge in [-0.25, -0.2) is 0 Å². The van der Waals surface area contributed by atoms with Crippen molar-refractivity contribution in [2.45, 2.75) is 6.54 Å². The molecule has 0 spiro atoms. The molecular formula is C21H24BrN3O3. The van der Waals surface area contributed by atoms with E-state index < -0.39 is 0 Å². The minimum Gasteiger partial charge on any atom is -0.379 e. The molecule has 0 unspecified atom stereocenters. The summed E-state index contributed by atoms with van der Waals surface area (Å²) in [7, 11) is 1.64. The second kappa shape index (κ2) is 9.82. The third-order valence-electron chi connectivity index (χ3n) is 4.56. The lowest BCUT2D eigenvalue weighted by molar-refractivity contribution is -0.116. The van der Waals surface area contributed by atoms with Crippen LogP contribution in [-0.4, -0.2) is 61.5 Å². The van der Waals surface area contributed by atoms with Crippen LogP contribution in [0, 0.1) is 0 Å². The normalized spacial score (nSPS) is 14.5. The number of amides is 2. The van der Waals surface area contributed by atoms with Gasteiger partial charge in [0.15, 0.2) is 0 Å². The number of likely N-dealkylation sites (N-methyl/N-ethyl adjacent to an activating group) is 1. The van der Waals surface area contributed by atoms with E-state index in [1.165, 1.54) is 4.90 Å².